The number of hydrogen-bond donors (Lipinski definition) is 2. The molecule has 0 aliphatic carbocycles. The lowest BCUT2D eigenvalue weighted by molar-refractivity contribution is -0.137. The third-order valence-electron chi connectivity index (χ3n) is 5.02. The second-order valence-electron chi connectivity index (χ2n) is 7.33. The van der Waals surface area contributed by atoms with Crippen molar-refractivity contribution in [1.82, 2.24) is 5.32 Å². The number of benzene rings is 2. The number of rotatable bonds is 7. The minimum atomic E-state index is -1.13. The number of carbonyl (C=O) groups is 4. The standard InChI is InChI=1S/C23H24N2O5S/c1-15(26)31-20(13-16-7-3-2-4-8-16)22(29)24-18-12-11-17-9-5-6-10-19(17)25(23(18)30)14-21(27)28/h2-10,18,20H,11-14H2,1H3,(H,24,29)(H,27,28)/t18-,20-/m0/s1. The molecule has 0 aromatic heterocycles. The summed E-state index contributed by atoms with van der Waals surface area (Å²) in [5, 5.41) is 11.2. The number of aliphatic carboxylic acids is 1. The molecule has 31 heavy (non-hydrogen) atoms. The van der Waals surface area contributed by atoms with E-state index in [1.807, 2.05) is 42.5 Å². The summed E-state index contributed by atoms with van der Waals surface area (Å²) in [7, 11) is 0. The highest BCUT2D eigenvalue weighted by molar-refractivity contribution is 8.14. The van der Waals surface area contributed by atoms with Crippen molar-refractivity contribution in [3.05, 3.63) is 65.7 Å². The van der Waals surface area contributed by atoms with Gasteiger partial charge in [-0.1, -0.05) is 60.3 Å². The first kappa shape index (κ1) is 22.6. The van der Waals surface area contributed by atoms with E-state index in [-0.39, 0.29) is 5.12 Å². The van der Waals surface area contributed by atoms with E-state index in [1.54, 1.807) is 12.1 Å². The minimum Gasteiger partial charge on any atom is -0.480 e. The number of carboxylic acid groups (broad SMARTS) is 1. The molecule has 0 unspecified atom stereocenters. The zero-order valence-corrected chi connectivity index (χ0v) is 17.9. The Morgan fingerprint density at radius 2 is 1.81 bits per heavy atom. The number of para-hydroxylation sites is 1. The molecule has 3 rings (SSSR count). The van der Waals surface area contributed by atoms with Crippen LogP contribution in [0.15, 0.2) is 54.6 Å². The zero-order chi connectivity index (χ0) is 22.4. The fourth-order valence-electron chi connectivity index (χ4n) is 3.63. The number of thioether (sulfide) groups is 1. The van der Waals surface area contributed by atoms with E-state index in [0.717, 1.165) is 22.9 Å². The monoisotopic (exact) mass is 440 g/mol. The van der Waals surface area contributed by atoms with E-state index in [4.69, 9.17) is 0 Å². The predicted molar refractivity (Wildman–Crippen MR) is 119 cm³/mol. The van der Waals surface area contributed by atoms with Gasteiger partial charge in [-0.25, -0.2) is 0 Å². The van der Waals surface area contributed by atoms with E-state index in [2.05, 4.69) is 5.32 Å². The SMILES string of the molecule is CC(=O)S[C@@H](Cc1ccccc1)C(=O)N[C@H]1CCc2ccccc2N(CC(=O)O)C1=O. The lowest BCUT2D eigenvalue weighted by atomic mass is 10.1. The van der Waals surface area contributed by atoms with Crippen LogP contribution in [0, 0.1) is 0 Å². The Morgan fingerprint density at radius 3 is 2.48 bits per heavy atom. The molecular weight excluding hydrogens is 416 g/mol. The number of nitrogens with zero attached hydrogens (tertiary/aromatic N) is 1. The third kappa shape index (κ3) is 5.95. The molecule has 1 heterocycles. The largest absolute Gasteiger partial charge is 0.480 e. The lowest BCUT2D eigenvalue weighted by Gasteiger charge is -2.26. The summed E-state index contributed by atoms with van der Waals surface area (Å²) in [5.41, 5.74) is 2.31. The Labute approximate surface area is 184 Å². The van der Waals surface area contributed by atoms with Gasteiger partial charge in [-0.3, -0.25) is 24.1 Å². The van der Waals surface area contributed by atoms with Crippen LogP contribution in [0.3, 0.4) is 0 Å². The van der Waals surface area contributed by atoms with E-state index in [1.165, 1.54) is 11.8 Å². The van der Waals surface area contributed by atoms with Gasteiger partial charge in [0.05, 0.1) is 5.25 Å². The Balaban J connectivity index is 1.80. The smallest absolute Gasteiger partial charge is 0.323 e. The molecule has 0 radical (unpaired) electrons. The van der Waals surface area contributed by atoms with E-state index >= 15 is 0 Å². The van der Waals surface area contributed by atoms with Gasteiger partial charge in [0.2, 0.25) is 11.8 Å². The van der Waals surface area contributed by atoms with Crippen LogP contribution in [0.4, 0.5) is 5.69 Å². The number of aryl methyl sites for hydroxylation is 1. The molecule has 0 fully saturated rings. The highest BCUT2D eigenvalue weighted by Gasteiger charge is 2.34. The van der Waals surface area contributed by atoms with Crippen molar-refractivity contribution in [2.24, 2.45) is 0 Å². The van der Waals surface area contributed by atoms with Crippen LogP contribution < -0.4 is 10.2 Å². The summed E-state index contributed by atoms with van der Waals surface area (Å²) in [6.45, 7) is 0.913. The van der Waals surface area contributed by atoms with Gasteiger partial charge >= 0.3 is 5.97 Å². The van der Waals surface area contributed by atoms with Gasteiger partial charge in [0.15, 0.2) is 5.12 Å². The molecule has 7 nitrogen and oxygen atoms in total. The lowest BCUT2D eigenvalue weighted by Crippen LogP contribution is -2.51. The van der Waals surface area contributed by atoms with Crippen LogP contribution in [0.5, 0.6) is 0 Å². The Kier molecular flexibility index (Phi) is 7.46. The Bertz CT molecular complexity index is 979. The Morgan fingerprint density at radius 1 is 1.13 bits per heavy atom. The molecule has 1 aliphatic rings. The van der Waals surface area contributed by atoms with Crippen molar-refractivity contribution in [3.63, 3.8) is 0 Å². The van der Waals surface area contributed by atoms with Gasteiger partial charge in [0.1, 0.15) is 12.6 Å². The molecule has 2 N–H and O–H groups in total. The number of carboxylic acids is 1. The van der Waals surface area contributed by atoms with Gasteiger partial charge in [-0.15, -0.1) is 0 Å². The Hall–Kier alpha value is -3.13. The number of anilines is 1. The molecule has 0 bridgehead atoms. The summed E-state index contributed by atoms with van der Waals surface area (Å²) < 4.78 is 0. The first-order valence-electron chi connectivity index (χ1n) is 9.97. The topological polar surface area (TPSA) is 104 Å². The zero-order valence-electron chi connectivity index (χ0n) is 17.1. The van der Waals surface area contributed by atoms with Crippen molar-refractivity contribution in [2.45, 2.75) is 37.5 Å². The van der Waals surface area contributed by atoms with Gasteiger partial charge in [0.25, 0.3) is 0 Å². The van der Waals surface area contributed by atoms with Gasteiger partial charge in [-0.05, 0) is 36.5 Å². The second-order valence-corrected chi connectivity index (χ2v) is 8.71. The maximum Gasteiger partial charge on any atom is 0.323 e. The summed E-state index contributed by atoms with van der Waals surface area (Å²) >= 11 is 0.926. The van der Waals surface area contributed by atoms with Gasteiger partial charge in [0, 0.05) is 12.6 Å². The van der Waals surface area contributed by atoms with Crippen LogP contribution >= 0.6 is 11.8 Å². The number of amides is 2. The van der Waals surface area contributed by atoms with E-state index < -0.39 is 35.6 Å². The van der Waals surface area contributed by atoms with Crippen molar-refractivity contribution in [1.29, 1.82) is 0 Å². The maximum atomic E-state index is 13.2. The van der Waals surface area contributed by atoms with Crippen molar-refractivity contribution in [2.75, 3.05) is 11.4 Å². The van der Waals surface area contributed by atoms with Crippen LogP contribution in [0.1, 0.15) is 24.5 Å². The molecule has 0 spiro atoms. The number of fused-ring (bicyclic) bond motifs is 1. The van der Waals surface area contributed by atoms with Crippen LogP contribution in [-0.4, -0.2) is 45.8 Å². The van der Waals surface area contributed by atoms with Crippen molar-refractivity contribution in [3.8, 4) is 0 Å². The number of nitrogens with one attached hydrogen (secondary N) is 1. The molecule has 2 amide bonds. The second kappa shape index (κ2) is 10.3. The van der Waals surface area contributed by atoms with Crippen LogP contribution in [0.2, 0.25) is 0 Å². The average Bonchev–Trinajstić information content (AvgIpc) is 2.86. The predicted octanol–water partition coefficient (Wildman–Crippen LogP) is 2.43. The van der Waals surface area contributed by atoms with E-state index in [0.29, 0.717) is 24.9 Å². The molecule has 2 aromatic rings. The fourth-order valence-corrected chi connectivity index (χ4v) is 4.48. The fraction of sp³-hybridized carbons (Fsp3) is 0.304. The molecular formula is C23H24N2O5S. The molecule has 0 saturated heterocycles. The van der Waals surface area contributed by atoms with Gasteiger partial charge < -0.3 is 10.4 Å². The van der Waals surface area contributed by atoms with Gasteiger partial charge in [-0.2, -0.15) is 0 Å². The molecule has 2 aromatic carbocycles. The van der Waals surface area contributed by atoms with Crippen LogP contribution in [-0.2, 0) is 32.0 Å². The summed E-state index contributed by atoms with van der Waals surface area (Å²) in [6, 6.07) is 15.6. The summed E-state index contributed by atoms with van der Waals surface area (Å²) in [5.74, 6) is -2.01. The first-order chi connectivity index (χ1) is 14.8. The number of carbonyl (C=O) groups excluding carboxylic acids is 3. The molecule has 162 valence electrons. The average molecular weight is 441 g/mol. The third-order valence-corrected chi connectivity index (χ3v) is 6.02. The number of hydrogen-bond acceptors (Lipinski definition) is 5. The van der Waals surface area contributed by atoms with Crippen molar-refractivity contribution >= 4 is 40.3 Å². The summed E-state index contributed by atoms with van der Waals surface area (Å²) in [4.78, 5) is 50.5. The molecule has 2 atom stereocenters. The minimum absolute atomic E-state index is 0.191. The highest BCUT2D eigenvalue weighted by Crippen LogP contribution is 2.27. The molecule has 8 heteroatoms. The van der Waals surface area contributed by atoms with Crippen LogP contribution in [0.25, 0.3) is 0 Å². The molecule has 0 saturated carbocycles. The highest BCUT2D eigenvalue weighted by atomic mass is 32.2. The van der Waals surface area contributed by atoms with E-state index in [9.17, 15) is 24.3 Å². The first-order valence-corrected chi connectivity index (χ1v) is 10.9. The normalized spacial score (nSPS) is 16.7. The maximum absolute atomic E-state index is 13.2. The summed E-state index contributed by atoms with van der Waals surface area (Å²) in [6.07, 6.45) is 1.21. The quantitative estimate of drug-likeness (QED) is 0.685. The van der Waals surface area contributed by atoms with Crippen molar-refractivity contribution < 1.29 is 24.3 Å². The molecule has 1 aliphatic heterocycles.